The van der Waals surface area contributed by atoms with Crippen molar-refractivity contribution in [2.75, 3.05) is 13.1 Å². The maximum atomic E-state index is 11.1. The molecule has 1 saturated heterocycles. The van der Waals surface area contributed by atoms with Crippen LogP contribution in [-0.2, 0) is 4.79 Å². The number of aromatic nitrogens is 1. The molecule has 1 aliphatic rings. The van der Waals surface area contributed by atoms with E-state index in [1.54, 1.807) is 11.3 Å². The summed E-state index contributed by atoms with van der Waals surface area (Å²) < 4.78 is 0. The third kappa shape index (κ3) is 2.72. The van der Waals surface area contributed by atoms with Gasteiger partial charge < -0.3 is 5.11 Å². The van der Waals surface area contributed by atoms with Crippen molar-refractivity contribution in [3.05, 3.63) is 16.1 Å². The van der Waals surface area contributed by atoms with Crippen LogP contribution in [0.15, 0.2) is 5.38 Å². The van der Waals surface area contributed by atoms with Crippen LogP contribution in [0.5, 0.6) is 0 Å². The lowest BCUT2D eigenvalue weighted by atomic mass is 9.86. The molecule has 4 nitrogen and oxygen atoms in total. The number of aryl methyl sites for hydroxylation is 1. The average Bonchev–Trinajstić information content (AvgIpc) is 2.74. The van der Waals surface area contributed by atoms with Crippen LogP contribution in [0.3, 0.4) is 0 Å². The fraction of sp³-hybridized carbons (Fsp3) is 0.692. The molecule has 2 heterocycles. The molecule has 0 aromatic carbocycles. The molecule has 1 aromatic heterocycles. The minimum atomic E-state index is -0.653. The van der Waals surface area contributed by atoms with Gasteiger partial charge in [-0.3, -0.25) is 9.69 Å². The van der Waals surface area contributed by atoms with Crippen molar-refractivity contribution in [1.82, 2.24) is 9.88 Å². The van der Waals surface area contributed by atoms with E-state index in [2.05, 4.69) is 22.2 Å². The van der Waals surface area contributed by atoms with Gasteiger partial charge in [0.1, 0.15) is 0 Å². The van der Waals surface area contributed by atoms with Gasteiger partial charge in [-0.05, 0) is 32.7 Å². The Balaban J connectivity index is 2.02. The van der Waals surface area contributed by atoms with Crippen LogP contribution in [0.4, 0.5) is 0 Å². The van der Waals surface area contributed by atoms with Gasteiger partial charge >= 0.3 is 5.97 Å². The van der Waals surface area contributed by atoms with Crippen LogP contribution in [0.1, 0.15) is 37.0 Å². The summed E-state index contributed by atoms with van der Waals surface area (Å²) in [4.78, 5) is 18.0. The molecule has 100 valence electrons. The Morgan fingerprint density at radius 2 is 2.39 bits per heavy atom. The number of aliphatic carboxylic acids is 1. The summed E-state index contributed by atoms with van der Waals surface area (Å²) in [5, 5.41) is 12.3. The lowest BCUT2D eigenvalue weighted by Crippen LogP contribution is -2.43. The third-order valence-corrected chi connectivity index (χ3v) is 4.66. The normalized spacial score (nSPS) is 27.1. The molecule has 0 aliphatic carbocycles. The van der Waals surface area contributed by atoms with Gasteiger partial charge in [-0.1, -0.05) is 6.92 Å². The molecule has 0 spiro atoms. The first kappa shape index (κ1) is 13.5. The number of nitrogens with zero attached hydrogens (tertiary/aromatic N) is 2. The zero-order valence-electron chi connectivity index (χ0n) is 11.1. The van der Waals surface area contributed by atoms with E-state index in [0.29, 0.717) is 0 Å². The molecule has 3 atom stereocenters. The summed E-state index contributed by atoms with van der Waals surface area (Å²) in [5.41, 5.74) is 1.11. The highest BCUT2D eigenvalue weighted by molar-refractivity contribution is 7.09. The summed E-state index contributed by atoms with van der Waals surface area (Å²) in [7, 11) is 0. The molecule has 1 aliphatic heterocycles. The van der Waals surface area contributed by atoms with Gasteiger partial charge in [0.2, 0.25) is 0 Å². The Hall–Kier alpha value is -0.940. The van der Waals surface area contributed by atoms with Gasteiger partial charge in [0.15, 0.2) is 0 Å². The lowest BCUT2D eigenvalue weighted by Gasteiger charge is -2.38. The van der Waals surface area contributed by atoms with Gasteiger partial charge in [-0.15, -0.1) is 11.3 Å². The van der Waals surface area contributed by atoms with Crippen molar-refractivity contribution < 1.29 is 9.90 Å². The van der Waals surface area contributed by atoms with Gasteiger partial charge in [0.05, 0.1) is 22.7 Å². The Morgan fingerprint density at radius 3 is 2.89 bits per heavy atom. The number of thiazole rings is 1. The highest BCUT2D eigenvalue weighted by Crippen LogP contribution is 2.30. The van der Waals surface area contributed by atoms with Crippen molar-refractivity contribution >= 4 is 17.3 Å². The zero-order chi connectivity index (χ0) is 13.3. The number of rotatable bonds is 3. The minimum absolute atomic E-state index is 0.189. The molecule has 3 unspecified atom stereocenters. The van der Waals surface area contributed by atoms with E-state index in [-0.39, 0.29) is 17.9 Å². The maximum Gasteiger partial charge on any atom is 0.306 e. The second-order valence-electron chi connectivity index (χ2n) is 5.17. The molecule has 1 fully saturated rings. The topological polar surface area (TPSA) is 53.4 Å². The smallest absolute Gasteiger partial charge is 0.306 e. The molecule has 2 rings (SSSR count). The fourth-order valence-corrected chi connectivity index (χ4v) is 3.35. The van der Waals surface area contributed by atoms with Crippen LogP contribution in [0.2, 0.25) is 0 Å². The van der Waals surface area contributed by atoms with Crippen molar-refractivity contribution in [2.45, 2.75) is 33.2 Å². The predicted molar refractivity (Wildman–Crippen MR) is 71.7 cm³/mol. The number of hydrogen-bond acceptors (Lipinski definition) is 4. The third-order valence-electron chi connectivity index (χ3n) is 3.87. The molecule has 1 aromatic rings. The number of carboxylic acid groups (broad SMARTS) is 1. The maximum absolute atomic E-state index is 11.1. The quantitative estimate of drug-likeness (QED) is 0.915. The summed E-state index contributed by atoms with van der Waals surface area (Å²) >= 11 is 1.67. The summed E-state index contributed by atoms with van der Waals surface area (Å²) in [6.45, 7) is 7.89. The predicted octanol–water partition coefficient (Wildman–Crippen LogP) is 2.56. The van der Waals surface area contributed by atoms with Gasteiger partial charge in [0.25, 0.3) is 0 Å². The van der Waals surface area contributed by atoms with Crippen molar-refractivity contribution in [2.24, 2.45) is 11.8 Å². The highest BCUT2D eigenvalue weighted by atomic mass is 32.1. The first-order valence-electron chi connectivity index (χ1n) is 6.38. The van der Waals surface area contributed by atoms with Gasteiger partial charge in [-0.25, -0.2) is 4.98 Å². The minimum Gasteiger partial charge on any atom is -0.481 e. The number of likely N-dealkylation sites (tertiary alicyclic amines) is 1. The highest BCUT2D eigenvalue weighted by Gasteiger charge is 2.33. The Kier molecular flexibility index (Phi) is 4.02. The summed E-state index contributed by atoms with van der Waals surface area (Å²) in [6.07, 6.45) is 0.740. The Bertz CT molecular complexity index is 432. The van der Waals surface area contributed by atoms with E-state index in [9.17, 15) is 4.79 Å². The van der Waals surface area contributed by atoms with E-state index in [1.165, 1.54) is 0 Å². The van der Waals surface area contributed by atoms with E-state index < -0.39 is 5.97 Å². The number of carbonyl (C=O) groups is 1. The monoisotopic (exact) mass is 268 g/mol. The van der Waals surface area contributed by atoms with E-state index in [1.807, 2.05) is 13.8 Å². The van der Waals surface area contributed by atoms with Crippen LogP contribution < -0.4 is 0 Å². The van der Waals surface area contributed by atoms with E-state index >= 15 is 0 Å². The lowest BCUT2D eigenvalue weighted by molar-refractivity contribution is -0.145. The molecule has 0 bridgehead atoms. The largest absolute Gasteiger partial charge is 0.481 e. The van der Waals surface area contributed by atoms with Crippen LogP contribution >= 0.6 is 11.3 Å². The Morgan fingerprint density at radius 1 is 1.67 bits per heavy atom. The second-order valence-corrected chi connectivity index (χ2v) is 6.24. The van der Waals surface area contributed by atoms with Crippen molar-refractivity contribution in [3.63, 3.8) is 0 Å². The number of hydrogen-bond donors (Lipinski definition) is 1. The molecule has 0 saturated carbocycles. The van der Waals surface area contributed by atoms with Gasteiger partial charge in [-0.2, -0.15) is 0 Å². The molecular formula is C13H20N2O2S. The SMILES string of the molecule is Cc1nc(C(C)N2CCC(C(=O)O)C(C)C2)cs1. The molecule has 18 heavy (non-hydrogen) atoms. The number of piperidine rings is 1. The van der Waals surface area contributed by atoms with Crippen molar-refractivity contribution in [3.8, 4) is 0 Å². The Labute approximate surface area is 112 Å². The van der Waals surface area contributed by atoms with Crippen molar-refractivity contribution in [1.29, 1.82) is 0 Å². The van der Waals surface area contributed by atoms with E-state index in [4.69, 9.17) is 5.11 Å². The molecule has 0 radical (unpaired) electrons. The molecule has 0 amide bonds. The zero-order valence-corrected chi connectivity index (χ0v) is 11.9. The summed E-state index contributed by atoms with van der Waals surface area (Å²) in [6, 6.07) is 0.284. The molecule has 5 heteroatoms. The molecule has 1 N–H and O–H groups in total. The molecular weight excluding hydrogens is 248 g/mol. The average molecular weight is 268 g/mol. The first-order chi connectivity index (χ1) is 8.49. The van der Waals surface area contributed by atoms with Crippen LogP contribution in [-0.4, -0.2) is 34.0 Å². The fourth-order valence-electron chi connectivity index (χ4n) is 2.66. The number of carboxylic acids is 1. The van der Waals surface area contributed by atoms with E-state index in [0.717, 1.165) is 30.2 Å². The van der Waals surface area contributed by atoms with Crippen LogP contribution in [0, 0.1) is 18.8 Å². The van der Waals surface area contributed by atoms with Gasteiger partial charge in [0, 0.05) is 11.9 Å². The first-order valence-corrected chi connectivity index (χ1v) is 7.26. The standard InChI is InChI=1S/C13H20N2O2S/c1-8-6-15(5-4-11(8)13(16)17)9(2)12-7-18-10(3)14-12/h7-9,11H,4-6H2,1-3H3,(H,16,17). The summed E-state index contributed by atoms with van der Waals surface area (Å²) in [5.74, 6) is -0.636. The van der Waals surface area contributed by atoms with Crippen LogP contribution in [0.25, 0.3) is 0 Å². The second kappa shape index (κ2) is 5.36.